The van der Waals surface area contributed by atoms with Crippen LogP contribution in [0.25, 0.3) is 5.70 Å². The normalized spacial score (nSPS) is 24.1. The first-order chi connectivity index (χ1) is 9.77. The van der Waals surface area contributed by atoms with Gasteiger partial charge in [-0.15, -0.1) is 4.59 Å². The summed E-state index contributed by atoms with van der Waals surface area (Å²) in [6.45, 7) is 0. The molecule has 2 aromatic rings. The zero-order valence-corrected chi connectivity index (χ0v) is 11.7. The summed E-state index contributed by atoms with van der Waals surface area (Å²) in [6, 6.07) is 14.0. The number of aliphatic imine (C=N–C) groups is 1. The van der Waals surface area contributed by atoms with Crippen molar-refractivity contribution in [3.63, 3.8) is 0 Å². The molecule has 0 bridgehead atoms. The first-order valence-electron chi connectivity index (χ1n) is 6.30. The van der Waals surface area contributed by atoms with E-state index in [9.17, 15) is 0 Å². The highest BCUT2D eigenvalue weighted by Crippen LogP contribution is 2.41. The van der Waals surface area contributed by atoms with E-state index in [4.69, 9.17) is 9.52 Å². The minimum absolute atomic E-state index is 0.366. The van der Waals surface area contributed by atoms with Gasteiger partial charge in [0.1, 0.15) is 7.05 Å². The van der Waals surface area contributed by atoms with Crippen LogP contribution in [-0.4, -0.2) is 21.9 Å². The molecule has 2 aliphatic rings. The first kappa shape index (κ1) is 11.7. The van der Waals surface area contributed by atoms with Crippen LogP contribution in [0.15, 0.2) is 69.4 Å². The fraction of sp³-hybridized carbons (Fsp3) is 0.0667. The average molecular weight is 282 g/mol. The predicted molar refractivity (Wildman–Crippen MR) is 80.9 cm³/mol. The van der Waals surface area contributed by atoms with Crippen molar-refractivity contribution < 1.29 is 9.01 Å². The predicted octanol–water partition coefficient (Wildman–Crippen LogP) is 3.50. The summed E-state index contributed by atoms with van der Waals surface area (Å²) in [6.07, 6.45) is 3.57. The highest BCUT2D eigenvalue weighted by atomic mass is 32.2. The maximum absolute atomic E-state index is 5.43. The van der Waals surface area contributed by atoms with Gasteiger partial charge in [0.15, 0.2) is 11.5 Å². The molecule has 2 aliphatic heterocycles. The van der Waals surface area contributed by atoms with Crippen LogP contribution in [0.3, 0.4) is 0 Å². The van der Waals surface area contributed by atoms with Gasteiger partial charge in [-0.3, -0.25) is 0 Å². The molecule has 0 N–H and O–H groups in total. The molecule has 0 aliphatic carbocycles. The minimum atomic E-state index is 0.366. The molecule has 0 fully saturated rings. The summed E-state index contributed by atoms with van der Waals surface area (Å²) in [5.41, 5.74) is 2.22. The van der Waals surface area contributed by atoms with Crippen molar-refractivity contribution >= 4 is 27.7 Å². The Morgan fingerprint density at radius 3 is 2.70 bits per heavy atom. The smallest absolute Gasteiger partial charge is 0.302 e. The zero-order valence-electron chi connectivity index (χ0n) is 10.9. The molecule has 98 valence electrons. The minimum Gasteiger partial charge on any atom is -0.462 e. The standard InChI is InChI=1S/C15H12N3OS/c1-18-12(11-6-3-2-4-7-11)10-16-15(18)20-14(17-18)13-8-5-9-19-13/h2-10H,1H3/q+1. The van der Waals surface area contributed by atoms with Gasteiger partial charge in [-0.25, -0.2) is 0 Å². The molecule has 4 rings (SSSR count). The third-order valence-corrected chi connectivity index (χ3v) is 4.54. The average Bonchev–Trinajstić information content (AvgIpc) is 3.13. The zero-order chi connectivity index (χ0) is 13.6. The lowest BCUT2D eigenvalue weighted by Crippen LogP contribution is -2.35. The molecule has 3 heterocycles. The summed E-state index contributed by atoms with van der Waals surface area (Å²) in [5.74, 6) is 0.791. The maximum atomic E-state index is 5.43. The third-order valence-electron chi connectivity index (χ3n) is 3.42. The lowest BCUT2D eigenvalue weighted by molar-refractivity contribution is -0.742. The van der Waals surface area contributed by atoms with E-state index < -0.39 is 0 Å². The lowest BCUT2D eigenvalue weighted by Gasteiger charge is -2.20. The van der Waals surface area contributed by atoms with Gasteiger partial charge in [0.25, 0.3) is 0 Å². The van der Waals surface area contributed by atoms with Crippen LogP contribution in [-0.2, 0) is 0 Å². The van der Waals surface area contributed by atoms with E-state index in [0.717, 1.165) is 27.2 Å². The molecular formula is C15H12N3OS+. The maximum Gasteiger partial charge on any atom is 0.302 e. The van der Waals surface area contributed by atoms with Gasteiger partial charge >= 0.3 is 5.17 Å². The molecule has 5 heteroatoms. The first-order valence-corrected chi connectivity index (χ1v) is 7.12. The number of thioether (sulfide) groups is 1. The molecule has 1 atom stereocenters. The number of amidine groups is 1. The Balaban J connectivity index is 1.77. The number of benzene rings is 1. The van der Waals surface area contributed by atoms with Gasteiger partial charge < -0.3 is 4.42 Å². The van der Waals surface area contributed by atoms with Crippen LogP contribution < -0.4 is 0 Å². The molecule has 1 aromatic heterocycles. The van der Waals surface area contributed by atoms with E-state index in [-0.39, 0.29) is 0 Å². The van der Waals surface area contributed by atoms with Crippen LogP contribution in [0.1, 0.15) is 11.3 Å². The molecule has 0 saturated carbocycles. The Labute approximate surface area is 120 Å². The van der Waals surface area contributed by atoms with Gasteiger partial charge in [-0.05, 0) is 24.3 Å². The van der Waals surface area contributed by atoms with E-state index in [0.29, 0.717) is 4.59 Å². The van der Waals surface area contributed by atoms with Crippen molar-refractivity contribution in [3.05, 3.63) is 66.3 Å². The van der Waals surface area contributed by atoms with E-state index in [1.165, 1.54) is 0 Å². The van der Waals surface area contributed by atoms with Gasteiger partial charge in [0.05, 0.1) is 12.5 Å². The monoisotopic (exact) mass is 282 g/mol. The Bertz CT molecular complexity index is 747. The van der Waals surface area contributed by atoms with Crippen LogP contribution in [0.5, 0.6) is 0 Å². The van der Waals surface area contributed by atoms with E-state index >= 15 is 0 Å². The summed E-state index contributed by atoms with van der Waals surface area (Å²) in [7, 11) is 2.05. The lowest BCUT2D eigenvalue weighted by atomic mass is 10.1. The Morgan fingerprint density at radius 2 is 1.95 bits per heavy atom. The molecule has 0 radical (unpaired) electrons. The number of fused-ring (bicyclic) bond motifs is 1. The molecule has 1 aromatic carbocycles. The molecular weight excluding hydrogens is 270 g/mol. The van der Waals surface area contributed by atoms with Gasteiger partial charge in [0.2, 0.25) is 5.04 Å². The number of nitrogens with zero attached hydrogens (tertiary/aromatic N) is 3. The molecule has 0 spiro atoms. The fourth-order valence-electron chi connectivity index (χ4n) is 2.38. The van der Waals surface area contributed by atoms with E-state index in [1.54, 1.807) is 18.0 Å². The number of furan rings is 1. The fourth-order valence-corrected chi connectivity index (χ4v) is 3.40. The Hall–Kier alpha value is -2.11. The summed E-state index contributed by atoms with van der Waals surface area (Å²) < 4.78 is 5.80. The molecule has 0 amide bonds. The summed E-state index contributed by atoms with van der Waals surface area (Å²) in [5, 5.41) is 6.63. The van der Waals surface area contributed by atoms with Crippen LogP contribution in [0.2, 0.25) is 0 Å². The summed E-state index contributed by atoms with van der Waals surface area (Å²) in [4.78, 5) is 4.52. The van der Waals surface area contributed by atoms with Crippen molar-refractivity contribution in [2.24, 2.45) is 10.1 Å². The second-order valence-electron chi connectivity index (χ2n) is 4.74. The van der Waals surface area contributed by atoms with Gasteiger partial charge in [0, 0.05) is 17.3 Å². The topological polar surface area (TPSA) is 37.9 Å². The van der Waals surface area contributed by atoms with Crippen molar-refractivity contribution in [1.29, 1.82) is 0 Å². The highest BCUT2D eigenvalue weighted by molar-refractivity contribution is 8.26. The molecule has 4 nitrogen and oxygen atoms in total. The van der Waals surface area contributed by atoms with Crippen molar-refractivity contribution in [2.45, 2.75) is 0 Å². The van der Waals surface area contributed by atoms with Crippen LogP contribution in [0.4, 0.5) is 0 Å². The number of hydrogen-bond acceptors (Lipinski definition) is 4. The third kappa shape index (κ3) is 1.60. The Kier molecular flexibility index (Phi) is 2.45. The number of hydrogen-bond donors (Lipinski definition) is 0. The van der Waals surface area contributed by atoms with Crippen molar-refractivity contribution in [1.82, 2.24) is 0 Å². The number of rotatable bonds is 2. The highest BCUT2D eigenvalue weighted by Gasteiger charge is 2.47. The van der Waals surface area contributed by atoms with Gasteiger partial charge in [-0.2, -0.15) is 4.99 Å². The van der Waals surface area contributed by atoms with E-state index in [2.05, 4.69) is 17.1 Å². The van der Waals surface area contributed by atoms with Crippen LogP contribution >= 0.6 is 11.8 Å². The second-order valence-corrected chi connectivity index (χ2v) is 5.69. The van der Waals surface area contributed by atoms with E-state index in [1.807, 2.05) is 43.6 Å². The molecule has 20 heavy (non-hydrogen) atoms. The quantitative estimate of drug-likeness (QED) is 0.791. The number of quaternary nitrogens is 1. The molecule has 1 unspecified atom stereocenters. The van der Waals surface area contributed by atoms with Crippen molar-refractivity contribution in [2.75, 3.05) is 7.05 Å². The summed E-state index contributed by atoms with van der Waals surface area (Å²) >= 11 is 1.56. The van der Waals surface area contributed by atoms with Crippen molar-refractivity contribution in [3.8, 4) is 0 Å². The van der Waals surface area contributed by atoms with Gasteiger partial charge in [-0.1, -0.05) is 23.3 Å². The molecule has 0 saturated heterocycles. The largest absolute Gasteiger partial charge is 0.462 e. The SMILES string of the molecule is C[N+]12N=C(c3ccco3)SC1=NC=C2c1ccccc1. The second kappa shape index (κ2) is 4.19. The van der Waals surface area contributed by atoms with Crippen LogP contribution in [0, 0.1) is 0 Å². The Morgan fingerprint density at radius 1 is 1.10 bits per heavy atom.